The molecule has 0 fully saturated rings. The number of benzene rings is 1. The Bertz CT molecular complexity index is 1010. The number of unbranched alkanes of at least 4 members (excludes halogenated alkanes) is 2. The van der Waals surface area contributed by atoms with Crippen LogP contribution in [0.3, 0.4) is 0 Å². The van der Waals surface area contributed by atoms with Crippen molar-refractivity contribution in [1.29, 1.82) is 0 Å². The zero-order valence-electron chi connectivity index (χ0n) is 24.8. The van der Waals surface area contributed by atoms with Crippen LogP contribution < -0.4 is 10.1 Å². The van der Waals surface area contributed by atoms with Crippen molar-refractivity contribution in [1.82, 2.24) is 5.32 Å². The Hall–Kier alpha value is -3.41. The molecule has 2 atom stereocenters. The number of carbonyl (C=O) groups is 3. The second-order valence-corrected chi connectivity index (χ2v) is 10.3. The van der Waals surface area contributed by atoms with Crippen LogP contribution in [-0.4, -0.2) is 29.0 Å². The molecule has 2 unspecified atom stereocenters. The van der Waals surface area contributed by atoms with Crippen molar-refractivity contribution in [2.75, 3.05) is 0 Å². The summed E-state index contributed by atoms with van der Waals surface area (Å²) in [4.78, 5) is 37.4. The highest BCUT2D eigenvalue weighted by atomic mass is 16.5. The second-order valence-electron chi connectivity index (χ2n) is 10.3. The number of para-hydroxylation sites is 1. The number of esters is 1. The molecule has 0 aliphatic heterocycles. The smallest absolute Gasteiger partial charge is 0.339 e. The number of carboxylic acids is 1. The molecular formula is C34H49NO5. The van der Waals surface area contributed by atoms with Crippen LogP contribution in [0.25, 0.3) is 0 Å². The molecule has 0 aliphatic rings. The van der Waals surface area contributed by atoms with E-state index < -0.39 is 18.0 Å². The Labute approximate surface area is 241 Å². The molecule has 0 heterocycles. The standard InChI is InChI=1S/C34H49NO5/c1-5-7-8-9-10-11-12-13-14-15-16-17-18-19-20-23-28(6-2)32(36)35-30(26-27(3)4)34(39)40-31-25-22-21-24-29(31)33(37)38/h7-8,10-11,13-14,16-17,21-22,24-25,27-28,30H,5-6,9,12,15,18-20,23,26H2,1-4H3,(H,35,36)(H,37,38)/b8-7-,11-10-,14-13-,17-16-. The van der Waals surface area contributed by atoms with Crippen LogP contribution in [0.1, 0.15) is 102 Å². The lowest BCUT2D eigenvalue weighted by Crippen LogP contribution is -2.46. The number of carboxylic acid groups (broad SMARTS) is 1. The van der Waals surface area contributed by atoms with Gasteiger partial charge in [0.25, 0.3) is 0 Å². The van der Waals surface area contributed by atoms with E-state index in [0.717, 1.165) is 51.4 Å². The molecular weight excluding hydrogens is 502 g/mol. The monoisotopic (exact) mass is 551 g/mol. The van der Waals surface area contributed by atoms with Gasteiger partial charge in [0.15, 0.2) is 0 Å². The minimum absolute atomic E-state index is 0.0223. The average Bonchev–Trinajstić information content (AvgIpc) is 2.92. The van der Waals surface area contributed by atoms with Crippen LogP contribution in [-0.2, 0) is 9.59 Å². The number of nitrogens with one attached hydrogen (secondary N) is 1. The van der Waals surface area contributed by atoms with E-state index in [1.54, 1.807) is 12.1 Å². The lowest BCUT2D eigenvalue weighted by atomic mass is 9.96. The van der Waals surface area contributed by atoms with Crippen LogP contribution in [0, 0.1) is 11.8 Å². The Kier molecular flexibility index (Phi) is 18.5. The number of carbonyl (C=O) groups excluding carboxylic acids is 2. The van der Waals surface area contributed by atoms with E-state index in [2.05, 4.69) is 60.8 Å². The van der Waals surface area contributed by atoms with E-state index in [0.29, 0.717) is 12.8 Å². The second kappa shape index (κ2) is 21.4. The van der Waals surface area contributed by atoms with Gasteiger partial charge >= 0.3 is 11.9 Å². The van der Waals surface area contributed by atoms with Gasteiger partial charge < -0.3 is 15.2 Å². The highest BCUT2D eigenvalue weighted by Gasteiger charge is 2.28. The first kappa shape index (κ1) is 34.6. The van der Waals surface area contributed by atoms with Gasteiger partial charge in [0, 0.05) is 5.92 Å². The van der Waals surface area contributed by atoms with Crippen LogP contribution >= 0.6 is 0 Å². The van der Waals surface area contributed by atoms with Crippen molar-refractivity contribution < 1.29 is 24.2 Å². The summed E-state index contributed by atoms with van der Waals surface area (Å²) in [5.41, 5.74) is -0.0924. The molecule has 0 aliphatic carbocycles. The highest BCUT2D eigenvalue weighted by molar-refractivity contribution is 5.93. The molecule has 2 N–H and O–H groups in total. The predicted octanol–water partition coefficient (Wildman–Crippen LogP) is 8.21. The maximum atomic E-state index is 13.0. The molecule has 1 rings (SSSR count). The summed E-state index contributed by atoms with van der Waals surface area (Å²) in [5.74, 6) is -2.06. The number of aromatic carboxylic acids is 1. The third kappa shape index (κ3) is 15.2. The van der Waals surface area contributed by atoms with Gasteiger partial charge in [-0.15, -0.1) is 0 Å². The minimum Gasteiger partial charge on any atom is -0.478 e. The summed E-state index contributed by atoms with van der Waals surface area (Å²) in [5, 5.41) is 12.3. The summed E-state index contributed by atoms with van der Waals surface area (Å²) in [6.07, 6.45) is 26.2. The van der Waals surface area contributed by atoms with Gasteiger partial charge in [-0.05, 0) is 75.8 Å². The topological polar surface area (TPSA) is 92.7 Å². The first-order valence-corrected chi connectivity index (χ1v) is 14.7. The number of allylic oxidation sites excluding steroid dienone is 8. The molecule has 1 amide bonds. The van der Waals surface area contributed by atoms with Crippen LogP contribution in [0.15, 0.2) is 72.9 Å². The molecule has 0 bridgehead atoms. The van der Waals surface area contributed by atoms with Gasteiger partial charge in [0.1, 0.15) is 17.4 Å². The van der Waals surface area contributed by atoms with Gasteiger partial charge in [-0.25, -0.2) is 9.59 Å². The summed E-state index contributed by atoms with van der Waals surface area (Å²) < 4.78 is 5.42. The number of amides is 1. The van der Waals surface area contributed by atoms with Gasteiger partial charge in [-0.3, -0.25) is 4.79 Å². The van der Waals surface area contributed by atoms with Gasteiger partial charge in [0.2, 0.25) is 5.91 Å². The molecule has 220 valence electrons. The molecule has 6 nitrogen and oxygen atoms in total. The first-order chi connectivity index (χ1) is 19.3. The van der Waals surface area contributed by atoms with E-state index in [-0.39, 0.29) is 29.1 Å². The fraction of sp³-hybridized carbons (Fsp3) is 0.500. The third-order valence-electron chi connectivity index (χ3n) is 6.39. The predicted molar refractivity (Wildman–Crippen MR) is 163 cm³/mol. The van der Waals surface area contributed by atoms with E-state index in [1.807, 2.05) is 20.8 Å². The maximum absolute atomic E-state index is 13.0. The lowest BCUT2D eigenvalue weighted by molar-refractivity contribution is -0.140. The molecule has 40 heavy (non-hydrogen) atoms. The number of ether oxygens (including phenoxy) is 1. The van der Waals surface area contributed by atoms with Crippen LogP contribution in [0.5, 0.6) is 5.75 Å². The molecule has 0 spiro atoms. The zero-order chi connectivity index (χ0) is 29.6. The van der Waals surface area contributed by atoms with E-state index in [4.69, 9.17) is 4.74 Å². The van der Waals surface area contributed by atoms with Crippen molar-refractivity contribution in [3.63, 3.8) is 0 Å². The SMILES string of the molecule is CC/C=C\C/C=C\C/C=C\C/C=C\CCCCC(CC)C(=O)NC(CC(C)C)C(=O)Oc1ccccc1C(=O)O. The summed E-state index contributed by atoms with van der Waals surface area (Å²) >= 11 is 0. The quantitative estimate of drug-likeness (QED) is 0.0737. The average molecular weight is 552 g/mol. The molecule has 0 radical (unpaired) electrons. The Morgan fingerprint density at radius 1 is 0.875 bits per heavy atom. The molecule has 0 saturated carbocycles. The molecule has 6 heteroatoms. The van der Waals surface area contributed by atoms with Crippen molar-refractivity contribution in [2.45, 2.75) is 97.9 Å². The maximum Gasteiger partial charge on any atom is 0.339 e. The van der Waals surface area contributed by atoms with Gasteiger partial charge in [0.05, 0.1) is 0 Å². The Morgan fingerprint density at radius 3 is 2.05 bits per heavy atom. The van der Waals surface area contributed by atoms with Crippen molar-refractivity contribution in [2.24, 2.45) is 11.8 Å². The highest BCUT2D eigenvalue weighted by Crippen LogP contribution is 2.20. The van der Waals surface area contributed by atoms with Crippen LogP contribution in [0.4, 0.5) is 0 Å². The minimum atomic E-state index is -1.18. The molecule has 1 aromatic rings. The number of hydrogen-bond acceptors (Lipinski definition) is 4. The fourth-order valence-electron chi connectivity index (χ4n) is 4.16. The van der Waals surface area contributed by atoms with Gasteiger partial charge in [-0.1, -0.05) is 94.9 Å². The zero-order valence-corrected chi connectivity index (χ0v) is 24.8. The fourth-order valence-corrected chi connectivity index (χ4v) is 4.16. The molecule has 0 aromatic heterocycles. The van der Waals surface area contributed by atoms with Gasteiger partial charge in [-0.2, -0.15) is 0 Å². The Balaban J connectivity index is 2.47. The van der Waals surface area contributed by atoms with Crippen molar-refractivity contribution >= 4 is 17.8 Å². The Morgan fingerprint density at radius 2 is 1.48 bits per heavy atom. The van der Waals surface area contributed by atoms with Crippen molar-refractivity contribution in [3.05, 3.63) is 78.4 Å². The first-order valence-electron chi connectivity index (χ1n) is 14.7. The van der Waals surface area contributed by atoms with E-state index in [1.165, 1.54) is 12.1 Å². The lowest BCUT2D eigenvalue weighted by Gasteiger charge is -2.22. The number of rotatable bonds is 20. The largest absolute Gasteiger partial charge is 0.478 e. The molecule has 1 aromatic carbocycles. The summed E-state index contributed by atoms with van der Waals surface area (Å²) in [6.45, 7) is 8.04. The van der Waals surface area contributed by atoms with Crippen LogP contribution in [0.2, 0.25) is 0 Å². The summed E-state index contributed by atoms with van der Waals surface area (Å²) in [6, 6.07) is 5.17. The van der Waals surface area contributed by atoms with E-state index >= 15 is 0 Å². The molecule has 0 saturated heterocycles. The van der Waals surface area contributed by atoms with E-state index in [9.17, 15) is 19.5 Å². The van der Waals surface area contributed by atoms with Crippen molar-refractivity contribution in [3.8, 4) is 5.75 Å². The normalized spacial score (nSPS) is 13.5. The third-order valence-corrected chi connectivity index (χ3v) is 6.39. The summed E-state index contributed by atoms with van der Waals surface area (Å²) in [7, 11) is 0. The number of hydrogen-bond donors (Lipinski definition) is 2.